The summed E-state index contributed by atoms with van der Waals surface area (Å²) in [7, 11) is 0. The molecule has 3 heteroatoms. The summed E-state index contributed by atoms with van der Waals surface area (Å²) < 4.78 is 6.29. The van der Waals surface area contributed by atoms with Crippen molar-refractivity contribution in [3.63, 3.8) is 0 Å². The quantitative estimate of drug-likeness (QED) is 0.852. The number of halogens is 1. The molecule has 0 radical (unpaired) electrons. The molecule has 0 heterocycles. The van der Waals surface area contributed by atoms with Crippen LogP contribution in [0, 0.1) is 0 Å². The lowest BCUT2D eigenvalue weighted by Crippen LogP contribution is -2.41. The minimum Gasteiger partial charge on any atom is -0.369 e. The van der Waals surface area contributed by atoms with E-state index < -0.39 is 0 Å². The fourth-order valence-electron chi connectivity index (χ4n) is 2.87. The van der Waals surface area contributed by atoms with Gasteiger partial charge in [-0.15, -0.1) is 0 Å². The Bertz CT molecular complexity index is 425. The molecule has 1 aromatic carbocycles. The molecule has 3 rings (SSSR count). The second kappa shape index (κ2) is 5.82. The highest BCUT2D eigenvalue weighted by molar-refractivity contribution is 6.30. The summed E-state index contributed by atoms with van der Waals surface area (Å²) in [4.78, 5) is 0. The molecule has 1 N–H and O–H groups in total. The van der Waals surface area contributed by atoms with E-state index in [1.807, 2.05) is 18.2 Å². The van der Waals surface area contributed by atoms with Crippen molar-refractivity contribution in [3.8, 4) is 0 Å². The van der Waals surface area contributed by atoms with Gasteiger partial charge in [0.05, 0.1) is 12.2 Å². The first kappa shape index (κ1) is 13.4. The third-order valence-electron chi connectivity index (χ3n) is 4.24. The molecule has 104 valence electrons. The lowest BCUT2D eigenvalue weighted by Gasteiger charge is -2.30. The second-order valence-corrected chi connectivity index (χ2v) is 6.40. The molecule has 2 nitrogen and oxygen atoms in total. The smallest absolute Gasteiger partial charge is 0.0810 e. The first-order valence-corrected chi connectivity index (χ1v) is 7.75. The molecule has 0 bridgehead atoms. The van der Waals surface area contributed by atoms with E-state index in [1.165, 1.54) is 44.1 Å². The van der Waals surface area contributed by atoms with Crippen molar-refractivity contribution in [2.45, 2.75) is 56.8 Å². The zero-order valence-corrected chi connectivity index (χ0v) is 12.1. The number of hydrogen-bond donors (Lipinski definition) is 1. The molecule has 0 atom stereocenters. The monoisotopic (exact) mass is 279 g/mol. The van der Waals surface area contributed by atoms with Crippen molar-refractivity contribution in [1.82, 2.24) is 5.32 Å². The fraction of sp³-hybridized carbons (Fsp3) is 0.625. The lowest BCUT2D eigenvalue weighted by atomic mass is 10.0. The van der Waals surface area contributed by atoms with Gasteiger partial charge in [0.25, 0.3) is 0 Å². The zero-order chi connectivity index (χ0) is 13.1. The van der Waals surface area contributed by atoms with E-state index in [-0.39, 0.29) is 5.60 Å². The normalized spacial score (nSPS) is 21.7. The second-order valence-electron chi connectivity index (χ2n) is 5.96. The summed E-state index contributed by atoms with van der Waals surface area (Å²) in [5, 5.41) is 4.43. The topological polar surface area (TPSA) is 21.3 Å². The Labute approximate surface area is 120 Å². The molecule has 2 aliphatic rings. The lowest BCUT2D eigenvalue weighted by molar-refractivity contribution is -0.0506. The molecule has 1 aromatic rings. The summed E-state index contributed by atoms with van der Waals surface area (Å²) in [6.07, 6.45) is 7.64. The van der Waals surface area contributed by atoms with Crippen molar-refractivity contribution < 1.29 is 4.74 Å². The Kier molecular flexibility index (Phi) is 4.11. The van der Waals surface area contributed by atoms with E-state index in [0.29, 0.717) is 6.61 Å². The van der Waals surface area contributed by atoms with Gasteiger partial charge in [-0.1, -0.05) is 36.6 Å². The maximum atomic E-state index is 6.29. The van der Waals surface area contributed by atoms with Crippen molar-refractivity contribution >= 4 is 11.6 Å². The van der Waals surface area contributed by atoms with Gasteiger partial charge in [0.1, 0.15) is 0 Å². The van der Waals surface area contributed by atoms with E-state index in [1.54, 1.807) is 0 Å². The molecule has 0 aromatic heterocycles. The van der Waals surface area contributed by atoms with Crippen LogP contribution >= 0.6 is 11.6 Å². The zero-order valence-electron chi connectivity index (χ0n) is 11.3. The Balaban J connectivity index is 1.57. The van der Waals surface area contributed by atoms with Crippen molar-refractivity contribution in [3.05, 3.63) is 34.9 Å². The summed E-state index contributed by atoms with van der Waals surface area (Å²) in [6, 6.07) is 8.74. The molecule has 0 amide bonds. The summed E-state index contributed by atoms with van der Waals surface area (Å²) >= 11 is 6.02. The minimum absolute atomic E-state index is 0.0604. The number of ether oxygens (including phenoxy) is 1. The van der Waals surface area contributed by atoms with Gasteiger partial charge in [-0.25, -0.2) is 0 Å². The molecule has 0 aliphatic heterocycles. The number of rotatable bonds is 6. The minimum atomic E-state index is 0.0604. The third-order valence-corrected chi connectivity index (χ3v) is 4.47. The predicted octanol–water partition coefficient (Wildman–Crippen LogP) is 3.92. The van der Waals surface area contributed by atoms with Crippen LogP contribution in [-0.2, 0) is 11.3 Å². The molecule has 0 spiro atoms. The molecule has 2 fully saturated rings. The molecule has 0 unspecified atom stereocenters. The van der Waals surface area contributed by atoms with E-state index in [2.05, 4.69) is 11.4 Å². The van der Waals surface area contributed by atoms with Crippen LogP contribution in [0.3, 0.4) is 0 Å². The van der Waals surface area contributed by atoms with Crippen LogP contribution in [0.15, 0.2) is 24.3 Å². The molecule has 0 saturated heterocycles. The highest BCUT2D eigenvalue weighted by Crippen LogP contribution is 2.34. The fourth-order valence-corrected chi connectivity index (χ4v) is 3.09. The van der Waals surface area contributed by atoms with Gasteiger partial charge in [0.2, 0.25) is 0 Å². The molecular formula is C16H22ClNO. The maximum absolute atomic E-state index is 6.29. The van der Waals surface area contributed by atoms with E-state index in [4.69, 9.17) is 16.3 Å². The first-order valence-electron chi connectivity index (χ1n) is 7.38. The van der Waals surface area contributed by atoms with Crippen LogP contribution in [0.25, 0.3) is 0 Å². The van der Waals surface area contributed by atoms with Gasteiger partial charge in [-0.3, -0.25) is 0 Å². The SMILES string of the molecule is Clc1cccc(COC2(CNC3CC3)CCCC2)c1. The number of nitrogens with one attached hydrogen (secondary N) is 1. The highest BCUT2D eigenvalue weighted by Gasteiger charge is 2.36. The third kappa shape index (κ3) is 3.71. The van der Waals surface area contributed by atoms with Gasteiger partial charge in [-0.05, 0) is 43.4 Å². The Morgan fingerprint density at radius 1 is 1.26 bits per heavy atom. The number of benzene rings is 1. The van der Waals surface area contributed by atoms with Crippen LogP contribution in [0.5, 0.6) is 0 Å². The standard InChI is InChI=1S/C16H22ClNO/c17-14-5-3-4-13(10-14)11-19-16(8-1-2-9-16)12-18-15-6-7-15/h3-5,10,15,18H,1-2,6-9,11-12H2. The van der Waals surface area contributed by atoms with Crippen LogP contribution in [-0.4, -0.2) is 18.2 Å². The average Bonchev–Trinajstić information content (AvgIpc) is 3.13. The van der Waals surface area contributed by atoms with Gasteiger partial charge in [0, 0.05) is 17.6 Å². The summed E-state index contributed by atoms with van der Waals surface area (Å²) in [6.45, 7) is 1.69. The van der Waals surface area contributed by atoms with Crippen LogP contribution < -0.4 is 5.32 Å². The largest absolute Gasteiger partial charge is 0.369 e. The molecule has 19 heavy (non-hydrogen) atoms. The van der Waals surface area contributed by atoms with Gasteiger partial charge in [0.15, 0.2) is 0 Å². The Hall–Kier alpha value is -0.570. The van der Waals surface area contributed by atoms with Crippen molar-refractivity contribution in [2.75, 3.05) is 6.54 Å². The van der Waals surface area contributed by atoms with E-state index in [0.717, 1.165) is 17.6 Å². The maximum Gasteiger partial charge on any atom is 0.0810 e. The molecule has 2 aliphatic carbocycles. The Morgan fingerprint density at radius 3 is 2.74 bits per heavy atom. The first-order chi connectivity index (χ1) is 9.26. The molecular weight excluding hydrogens is 258 g/mol. The Morgan fingerprint density at radius 2 is 2.05 bits per heavy atom. The van der Waals surface area contributed by atoms with Crippen molar-refractivity contribution in [2.24, 2.45) is 0 Å². The van der Waals surface area contributed by atoms with Crippen LogP contribution in [0.4, 0.5) is 0 Å². The van der Waals surface area contributed by atoms with Crippen LogP contribution in [0.1, 0.15) is 44.1 Å². The predicted molar refractivity (Wildman–Crippen MR) is 78.5 cm³/mol. The van der Waals surface area contributed by atoms with Crippen LogP contribution in [0.2, 0.25) is 5.02 Å². The van der Waals surface area contributed by atoms with Gasteiger partial charge in [-0.2, -0.15) is 0 Å². The average molecular weight is 280 g/mol. The van der Waals surface area contributed by atoms with Gasteiger partial charge >= 0.3 is 0 Å². The summed E-state index contributed by atoms with van der Waals surface area (Å²) in [5.41, 5.74) is 1.23. The van der Waals surface area contributed by atoms with E-state index >= 15 is 0 Å². The highest BCUT2D eigenvalue weighted by atomic mass is 35.5. The van der Waals surface area contributed by atoms with Gasteiger partial charge < -0.3 is 10.1 Å². The number of hydrogen-bond acceptors (Lipinski definition) is 2. The molecule has 2 saturated carbocycles. The van der Waals surface area contributed by atoms with Crippen molar-refractivity contribution in [1.29, 1.82) is 0 Å². The van der Waals surface area contributed by atoms with E-state index in [9.17, 15) is 0 Å². The summed E-state index contributed by atoms with van der Waals surface area (Å²) in [5.74, 6) is 0.